The minimum atomic E-state index is -0.664. The third kappa shape index (κ3) is 1.38. The monoisotopic (exact) mass is 194 g/mol. The number of ether oxygens (including phenoxy) is 1. The van der Waals surface area contributed by atoms with E-state index in [4.69, 9.17) is 10.00 Å². The van der Waals surface area contributed by atoms with Crippen molar-refractivity contribution in [3.8, 4) is 6.07 Å². The van der Waals surface area contributed by atoms with Crippen LogP contribution in [-0.4, -0.2) is 37.1 Å². The zero-order chi connectivity index (χ0) is 10.2. The lowest BCUT2D eigenvalue weighted by atomic mass is 10.1. The fourth-order valence-electron chi connectivity index (χ4n) is 1.91. The van der Waals surface area contributed by atoms with Crippen LogP contribution >= 0.6 is 0 Å². The van der Waals surface area contributed by atoms with Gasteiger partial charge in [-0.3, -0.25) is 4.79 Å². The lowest BCUT2D eigenvalue weighted by Gasteiger charge is -2.18. The number of rotatable bonds is 2. The average molecular weight is 194 g/mol. The molecule has 0 spiro atoms. The van der Waals surface area contributed by atoms with Gasteiger partial charge in [0.25, 0.3) is 0 Å². The molecule has 1 heterocycles. The summed E-state index contributed by atoms with van der Waals surface area (Å²) in [6, 6.07) is 2.13. The summed E-state index contributed by atoms with van der Waals surface area (Å²) >= 11 is 0. The second kappa shape index (κ2) is 3.25. The van der Waals surface area contributed by atoms with Crippen LogP contribution in [0.4, 0.5) is 0 Å². The van der Waals surface area contributed by atoms with E-state index in [1.807, 2.05) is 0 Å². The summed E-state index contributed by atoms with van der Waals surface area (Å²) in [7, 11) is 1.66. The number of carbonyl (C=O) groups is 1. The van der Waals surface area contributed by atoms with E-state index in [2.05, 4.69) is 6.07 Å². The number of amides is 1. The van der Waals surface area contributed by atoms with Crippen molar-refractivity contribution < 1.29 is 9.53 Å². The molecule has 2 fully saturated rings. The first-order valence-corrected chi connectivity index (χ1v) is 4.95. The van der Waals surface area contributed by atoms with Crippen LogP contribution in [0.3, 0.4) is 0 Å². The normalized spacial score (nSPS) is 28.6. The summed E-state index contributed by atoms with van der Waals surface area (Å²) in [5, 5.41) is 8.88. The zero-order valence-corrected chi connectivity index (χ0v) is 8.32. The summed E-state index contributed by atoms with van der Waals surface area (Å²) < 4.78 is 5.18. The maximum atomic E-state index is 11.9. The Kier molecular flexibility index (Phi) is 2.20. The summed E-state index contributed by atoms with van der Waals surface area (Å²) in [5.74, 6) is 0.0135. The summed E-state index contributed by atoms with van der Waals surface area (Å²) in [6.45, 7) is 1.39. The van der Waals surface area contributed by atoms with E-state index < -0.39 is 5.41 Å². The molecule has 0 aromatic carbocycles. The minimum Gasteiger partial charge on any atom is -0.380 e. The molecule has 0 unspecified atom stereocenters. The highest BCUT2D eigenvalue weighted by Gasteiger charge is 2.53. The van der Waals surface area contributed by atoms with Gasteiger partial charge in [-0.15, -0.1) is 0 Å². The Morgan fingerprint density at radius 3 is 2.79 bits per heavy atom. The van der Waals surface area contributed by atoms with Crippen LogP contribution in [0.5, 0.6) is 0 Å². The van der Waals surface area contributed by atoms with Crippen LogP contribution in [0.1, 0.15) is 19.3 Å². The van der Waals surface area contributed by atoms with Crippen molar-refractivity contribution in [2.45, 2.75) is 25.4 Å². The van der Waals surface area contributed by atoms with Crippen molar-refractivity contribution in [1.82, 2.24) is 4.90 Å². The fourth-order valence-corrected chi connectivity index (χ4v) is 1.91. The molecular weight excluding hydrogens is 180 g/mol. The molecule has 76 valence electrons. The number of methoxy groups -OCH3 is 1. The van der Waals surface area contributed by atoms with E-state index in [-0.39, 0.29) is 12.0 Å². The molecule has 0 radical (unpaired) electrons. The Hall–Kier alpha value is -1.08. The second-order valence-corrected chi connectivity index (χ2v) is 4.09. The number of nitrogens with zero attached hydrogens (tertiary/aromatic N) is 2. The molecule has 1 atom stereocenters. The highest BCUT2D eigenvalue weighted by atomic mass is 16.5. The standard InChI is InChI=1S/C10H14N2O2/c1-14-8-2-5-12(6-8)9(13)10(7-11)3-4-10/h8H,2-6H2,1H3/t8-/m1/s1. The van der Waals surface area contributed by atoms with E-state index in [1.54, 1.807) is 12.0 Å². The largest absolute Gasteiger partial charge is 0.380 e. The van der Waals surface area contributed by atoms with Gasteiger partial charge >= 0.3 is 0 Å². The van der Waals surface area contributed by atoms with Gasteiger partial charge in [-0.25, -0.2) is 0 Å². The molecule has 14 heavy (non-hydrogen) atoms. The molecule has 1 amide bonds. The summed E-state index contributed by atoms with van der Waals surface area (Å²) in [6.07, 6.45) is 2.52. The maximum Gasteiger partial charge on any atom is 0.243 e. The third-order valence-electron chi connectivity index (χ3n) is 3.14. The molecule has 1 aliphatic heterocycles. The van der Waals surface area contributed by atoms with Crippen molar-refractivity contribution in [2.75, 3.05) is 20.2 Å². The number of likely N-dealkylation sites (tertiary alicyclic amines) is 1. The Bertz CT molecular complexity index is 291. The number of carbonyl (C=O) groups excluding carboxylic acids is 1. The lowest BCUT2D eigenvalue weighted by Crippen LogP contribution is -2.35. The van der Waals surface area contributed by atoms with Crippen molar-refractivity contribution in [2.24, 2.45) is 5.41 Å². The second-order valence-electron chi connectivity index (χ2n) is 4.09. The van der Waals surface area contributed by atoms with Crippen molar-refractivity contribution in [1.29, 1.82) is 5.26 Å². The molecule has 2 aliphatic rings. The number of hydrogen-bond donors (Lipinski definition) is 0. The molecular formula is C10H14N2O2. The average Bonchev–Trinajstić information content (AvgIpc) is 2.88. The molecule has 0 aromatic heterocycles. The van der Waals surface area contributed by atoms with Gasteiger partial charge in [-0.2, -0.15) is 5.26 Å². The van der Waals surface area contributed by atoms with Gasteiger partial charge < -0.3 is 9.64 Å². The highest BCUT2D eigenvalue weighted by molar-refractivity contribution is 5.88. The lowest BCUT2D eigenvalue weighted by molar-refractivity contribution is -0.134. The SMILES string of the molecule is CO[C@@H]1CCN(C(=O)C2(C#N)CC2)C1. The van der Waals surface area contributed by atoms with E-state index in [1.165, 1.54) is 0 Å². The summed E-state index contributed by atoms with van der Waals surface area (Å²) in [4.78, 5) is 13.6. The smallest absolute Gasteiger partial charge is 0.243 e. The quantitative estimate of drug-likeness (QED) is 0.644. The first-order chi connectivity index (χ1) is 6.72. The van der Waals surface area contributed by atoms with Gasteiger partial charge in [0.2, 0.25) is 5.91 Å². The van der Waals surface area contributed by atoms with Crippen molar-refractivity contribution >= 4 is 5.91 Å². The van der Waals surface area contributed by atoms with Crippen LogP contribution < -0.4 is 0 Å². The molecule has 0 aromatic rings. The Labute approximate surface area is 83.4 Å². The maximum absolute atomic E-state index is 11.9. The summed E-state index contributed by atoms with van der Waals surface area (Å²) in [5.41, 5.74) is -0.664. The Morgan fingerprint density at radius 2 is 2.36 bits per heavy atom. The van der Waals surface area contributed by atoms with Crippen LogP contribution in [-0.2, 0) is 9.53 Å². The minimum absolute atomic E-state index is 0.0135. The number of nitriles is 1. The van der Waals surface area contributed by atoms with Crippen molar-refractivity contribution in [3.63, 3.8) is 0 Å². The van der Waals surface area contributed by atoms with Crippen LogP contribution in [0.25, 0.3) is 0 Å². The number of hydrogen-bond acceptors (Lipinski definition) is 3. The topological polar surface area (TPSA) is 53.3 Å². The molecule has 4 nitrogen and oxygen atoms in total. The zero-order valence-electron chi connectivity index (χ0n) is 8.32. The molecule has 1 saturated heterocycles. The van der Waals surface area contributed by atoms with Gasteiger partial charge in [0.15, 0.2) is 0 Å². The first kappa shape index (κ1) is 9.47. The Balaban J connectivity index is 1.98. The molecule has 0 N–H and O–H groups in total. The predicted octanol–water partition coefficient (Wildman–Crippen LogP) is 0.537. The van der Waals surface area contributed by atoms with Gasteiger partial charge in [0, 0.05) is 20.2 Å². The molecule has 2 rings (SSSR count). The van der Waals surface area contributed by atoms with Crippen molar-refractivity contribution in [3.05, 3.63) is 0 Å². The van der Waals surface area contributed by atoms with Gasteiger partial charge in [0.05, 0.1) is 12.2 Å². The highest BCUT2D eigenvalue weighted by Crippen LogP contribution is 2.46. The molecule has 0 bridgehead atoms. The van der Waals surface area contributed by atoms with E-state index in [0.717, 1.165) is 25.8 Å². The molecule has 1 saturated carbocycles. The van der Waals surface area contributed by atoms with Crippen LogP contribution in [0, 0.1) is 16.7 Å². The Morgan fingerprint density at radius 1 is 1.64 bits per heavy atom. The van der Waals surface area contributed by atoms with Gasteiger partial charge in [0.1, 0.15) is 5.41 Å². The van der Waals surface area contributed by atoms with Gasteiger partial charge in [-0.05, 0) is 19.3 Å². The van der Waals surface area contributed by atoms with E-state index >= 15 is 0 Å². The molecule has 4 heteroatoms. The fraction of sp³-hybridized carbons (Fsp3) is 0.800. The first-order valence-electron chi connectivity index (χ1n) is 4.95. The third-order valence-corrected chi connectivity index (χ3v) is 3.14. The predicted molar refractivity (Wildman–Crippen MR) is 49.3 cm³/mol. The van der Waals surface area contributed by atoms with Crippen LogP contribution in [0.2, 0.25) is 0 Å². The van der Waals surface area contributed by atoms with E-state index in [0.29, 0.717) is 6.54 Å². The van der Waals surface area contributed by atoms with E-state index in [9.17, 15) is 4.79 Å². The van der Waals surface area contributed by atoms with Crippen LogP contribution in [0.15, 0.2) is 0 Å². The van der Waals surface area contributed by atoms with Gasteiger partial charge in [-0.1, -0.05) is 0 Å². The molecule has 1 aliphatic carbocycles.